The zero-order chi connectivity index (χ0) is 18.9. The van der Waals surface area contributed by atoms with Crippen molar-refractivity contribution in [2.75, 3.05) is 11.4 Å². The highest BCUT2D eigenvalue weighted by atomic mass is 16.2. The summed E-state index contributed by atoms with van der Waals surface area (Å²) >= 11 is 0. The monoisotopic (exact) mass is 370 g/mol. The molecular weight excluding hydrogens is 348 g/mol. The van der Waals surface area contributed by atoms with Gasteiger partial charge < -0.3 is 9.80 Å². The molecule has 2 saturated heterocycles. The molecule has 4 aliphatic rings. The van der Waals surface area contributed by atoms with Crippen LogP contribution in [0.5, 0.6) is 0 Å². The Morgan fingerprint density at radius 2 is 1.79 bits per heavy atom. The number of piperidine rings is 1. The molecule has 0 N–H and O–H groups in total. The maximum Gasteiger partial charge on any atom is 0.224 e. The number of benzene rings is 2. The molecule has 1 aliphatic carbocycles. The summed E-state index contributed by atoms with van der Waals surface area (Å²) in [7, 11) is 0. The summed E-state index contributed by atoms with van der Waals surface area (Å²) in [5.74, 6) is 0.334. The van der Waals surface area contributed by atoms with Gasteiger partial charge in [0, 0.05) is 42.9 Å². The lowest BCUT2D eigenvalue weighted by Crippen LogP contribution is -2.56. The molecule has 3 aliphatic heterocycles. The normalized spacial score (nSPS) is 30.1. The average Bonchev–Trinajstić information content (AvgIpc) is 3.17. The number of carbonyl (C=O) groups is 2. The number of hydrogen-bond donors (Lipinski definition) is 0. The highest BCUT2D eigenvalue weighted by Crippen LogP contribution is 2.61. The van der Waals surface area contributed by atoms with E-state index in [4.69, 9.17) is 0 Å². The minimum absolute atomic E-state index is 0.0248. The second-order valence-corrected chi connectivity index (χ2v) is 8.45. The van der Waals surface area contributed by atoms with E-state index in [1.807, 2.05) is 29.2 Å². The smallest absolute Gasteiger partial charge is 0.224 e. The molecule has 2 fully saturated rings. The van der Waals surface area contributed by atoms with Crippen molar-refractivity contribution >= 4 is 17.4 Å². The number of hydrogen-bond acceptors (Lipinski definition) is 3. The largest absolute Gasteiger partial charge is 0.339 e. The van der Waals surface area contributed by atoms with E-state index in [1.165, 1.54) is 11.1 Å². The minimum atomic E-state index is -0.374. The second kappa shape index (κ2) is 5.57. The van der Waals surface area contributed by atoms with E-state index < -0.39 is 0 Å². The third-order valence-electron chi connectivity index (χ3n) is 7.14. The highest BCUT2D eigenvalue weighted by molar-refractivity contribution is 6.01. The summed E-state index contributed by atoms with van der Waals surface area (Å²) < 4.78 is 0. The predicted molar refractivity (Wildman–Crippen MR) is 107 cm³/mol. The number of amides is 1. The summed E-state index contributed by atoms with van der Waals surface area (Å²) in [4.78, 5) is 30.4. The Labute approximate surface area is 164 Å². The molecule has 0 bridgehead atoms. The van der Waals surface area contributed by atoms with Crippen LogP contribution in [0.4, 0.5) is 5.69 Å². The molecule has 0 unspecified atom stereocenters. The standard InChI is InChI=1S/C24H22N2O2/c27-20-13-21-24(14-22(28)25-12-6-9-17(20)23(24)25)18-10-4-5-11-19(18)26(21)15-16-7-2-1-3-8-16/h1-5,7-8,10-11,13,17,23H,6,9,12,14-15H2/t17-,23-,24-/m1/s1. The molecule has 3 atom stereocenters. The van der Waals surface area contributed by atoms with Crippen LogP contribution >= 0.6 is 0 Å². The van der Waals surface area contributed by atoms with Gasteiger partial charge in [0.1, 0.15) is 0 Å². The Kier molecular flexibility index (Phi) is 3.20. The lowest BCUT2D eigenvalue weighted by Gasteiger charge is -2.46. The van der Waals surface area contributed by atoms with Crippen molar-refractivity contribution in [2.24, 2.45) is 5.92 Å². The van der Waals surface area contributed by atoms with E-state index >= 15 is 0 Å². The van der Waals surface area contributed by atoms with Crippen LogP contribution in [0, 0.1) is 5.92 Å². The Morgan fingerprint density at radius 1 is 1.00 bits per heavy atom. The number of nitrogens with zero attached hydrogens (tertiary/aromatic N) is 2. The molecule has 6 rings (SSSR count). The number of para-hydroxylation sites is 1. The van der Waals surface area contributed by atoms with Crippen LogP contribution in [0.25, 0.3) is 0 Å². The Bertz CT molecular complexity index is 1030. The Balaban J connectivity index is 1.57. The fourth-order valence-electron chi connectivity index (χ4n) is 6.10. The van der Waals surface area contributed by atoms with Crippen molar-refractivity contribution in [3.05, 3.63) is 77.5 Å². The molecule has 1 amide bonds. The van der Waals surface area contributed by atoms with Gasteiger partial charge in [0.2, 0.25) is 5.91 Å². The number of carbonyl (C=O) groups excluding carboxylic acids is 2. The van der Waals surface area contributed by atoms with E-state index in [9.17, 15) is 9.59 Å². The molecule has 140 valence electrons. The van der Waals surface area contributed by atoms with Crippen LogP contribution in [-0.4, -0.2) is 29.2 Å². The molecule has 4 heteroatoms. The first-order chi connectivity index (χ1) is 13.7. The lowest BCUT2D eigenvalue weighted by atomic mass is 9.63. The van der Waals surface area contributed by atoms with Gasteiger partial charge in [0.25, 0.3) is 0 Å². The fourth-order valence-corrected chi connectivity index (χ4v) is 6.10. The minimum Gasteiger partial charge on any atom is -0.339 e. The van der Waals surface area contributed by atoms with Crippen molar-refractivity contribution < 1.29 is 9.59 Å². The molecular formula is C24H22N2O2. The highest BCUT2D eigenvalue weighted by Gasteiger charge is 2.65. The van der Waals surface area contributed by atoms with Gasteiger partial charge in [-0.2, -0.15) is 0 Å². The number of ketones is 1. The SMILES string of the molecule is O=C1C=C2N(Cc3ccccc3)c3ccccc3[C@]23CC(=O)N2CCC[C@H]1[C@@H]23. The van der Waals surface area contributed by atoms with E-state index in [1.54, 1.807) is 0 Å². The topological polar surface area (TPSA) is 40.6 Å². The van der Waals surface area contributed by atoms with Gasteiger partial charge in [-0.05, 0) is 30.0 Å². The van der Waals surface area contributed by atoms with Crippen LogP contribution < -0.4 is 4.90 Å². The lowest BCUT2D eigenvalue weighted by molar-refractivity contribution is -0.133. The maximum atomic E-state index is 13.1. The molecule has 0 radical (unpaired) electrons. The molecule has 0 saturated carbocycles. The average molecular weight is 370 g/mol. The van der Waals surface area contributed by atoms with Gasteiger partial charge in [0.15, 0.2) is 5.78 Å². The van der Waals surface area contributed by atoms with E-state index in [0.717, 1.165) is 30.8 Å². The maximum absolute atomic E-state index is 13.1. The van der Waals surface area contributed by atoms with E-state index in [0.29, 0.717) is 13.0 Å². The summed E-state index contributed by atoms with van der Waals surface area (Å²) in [6.45, 7) is 1.49. The third kappa shape index (κ3) is 1.90. The van der Waals surface area contributed by atoms with Crippen molar-refractivity contribution in [2.45, 2.75) is 37.3 Å². The van der Waals surface area contributed by atoms with Gasteiger partial charge >= 0.3 is 0 Å². The van der Waals surface area contributed by atoms with Crippen LogP contribution in [0.15, 0.2) is 66.4 Å². The summed E-state index contributed by atoms with van der Waals surface area (Å²) in [6, 6.07) is 18.8. The van der Waals surface area contributed by atoms with Crippen molar-refractivity contribution in [1.29, 1.82) is 0 Å². The molecule has 0 aromatic heterocycles. The molecule has 28 heavy (non-hydrogen) atoms. The predicted octanol–water partition coefficient (Wildman–Crippen LogP) is 3.42. The molecule has 1 spiro atoms. The van der Waals surface area contributed by atoms with Gasteiger partial charge in [-0.25, -0.2) is 0 Å². The zero-order valence-electron chi connectivity index (χ0n) is 15.7. The number of allylic oxidation sites excluding steroid dienone is 1. The first-order valence-corrected chi connectivity index (χ1v) is 10.2. The first kappa shape index (κ1) is 16.1. The van der Waals surface area contributed by atoms with Crippen LogP contribution in [-0.2, 0) is 21.5 Å². The summed E-state index contributed by atoms with van der Waals surface area (Å²) in [5.41, 5.74) is 4.22. The Morgan fingerprint density at radius 3 is 2.64 bits per heavy atom. The first-order valence-electron chi connectivity index (χ1n) is 10.2. The summed E-state index contributed by atoms with van der Waals surface area (Å²) in [5, 5.41) is 0. The molecule has 2 aromatic carbocycles. The number of rotatable bonds is 2. The number of fused-ring (bicyclic) bond motifs is 1. The molecule has 2 aromatic rings. The van der Waals surface area contributed by atoms with E-state index in [-0.39, 0.29) is 29.1 Å². The van der Waals surface area contributed by atoms with Crippen molar-refractivity contribution in [1.82, 2.24) is 4.90 Å². The summed E-state index contributed by atoms with van der Waals surface area (Å²) in [6.07, 6.45) is 4.16. The Hall–Kier alpha value is -2.88. The fraction of sp³-hybridized carbons (Fsp3) is 0.333. The molecule has 4 nitrogen and oxygen atoms in total. The molecule has 3 heterocycles. The van der Waals surface area contributed by atoms with E-state index in [2.05, 4.69) is 41.3 Å². The van der Waals surface area contributed by atoms with Crippen molar-refractivity contribution in [3.8, 4) is 0 Å². The van der Waals surface area contributed by atoms with Crippen molar-refractivity contribution in [3.63, 3.8) is 0 Å². The second-order valence-electron chi connectivity index (χ2n) is 8.45. The van der Waals surface area contributed by atoms with Gasteiger partial charge in [-0.15, -0.1) is 0 Å². The van der Waals surface area contributed by atoms with Gasteiger partial charge in [-0.1, -0.05) is 48.5 Å². The van der Waals surface area contributed by atoms with Crippen LogP contribution in [0.2, 0.25) is 0 Å². The van der Waals surface area contributed by atoms with Gasteiger partial charge in [-0.3, -0.25) is 9.59 Å². The van der Waals surface area contributed by atoms with Crippen LogP contribution in [0.1, 0.15) is 30.4 Å². The number of anilines is 1. The third-order valence-corrected chi connectivity index (χ3v) is 7.14. The van der Waals surface area contributed by atoms with Gasteiger partial charge in [0.05, 0.1) is 11.5 Å². The quantitative estimate of drug-likeness (QED) is 0.813. The zero-order valence-corrected chi connectivity index (χ0v) is 15.7. The van der Waals surface area contributed by atoms with Crippen LogP contribution in [0.3, 0.4) is 0 Å².